The van der Waals surface area contributed by atoms with Crippen LogP contribution in [0.25, 0.3) is 0 Å². The maximum absolute atomic E-state index is 5.74. The summed E-state index contributed by atoms with van der Waals surface area (Å²) in [7, 11) is 0. The summed E-state index contributed by atoms with van der Waals surface area (Å²) in [6.07, 6.45) is 2.72. The summed E-state index contributed by atoms with van der Waals surface area (Å²) in [5, 5.41) is 3.97. The SMILES string of the molecule is CCOc1ccccc1NC(=S)N(Cc1ccc(CC)cc1)Cc1ccco1. The number of hydrogen-bond donors (Lipinski definition) is 1. The van der Waals surface area contributed by atoms with Crippen molar-refractivity contribution in [2.45, 2.75) is 33.4 Å². The monoisotopic (exact) mass is 394 g/mol. The number of anilines is 1. The van der Waals surface area contributed by atoms with Gasteiger partial charge >= 0.3 is 0 Å². The first kappa shape index (κ1) is 20.0. The molecule has 0 aliphatic heterocycles. The average Bonchev–Trinajstić information content (AvgIpc) is 3.23. The van der Waals surface area contributed by atoms with Crippen molar-refractivity contribution < 1.29 is 9.15 Å². The fraction of sp³-hybridized carbons (Fsp3) is 0.261. The van der Waals surface area contributed by atoms with Crippen molar-refractivity contribution >= 4 is 23.0 Å². The fourth-order valence-corrected chi connectivity index (χ4v) is 3.18. The minimum absolute atomic E-state index is 0.588. The minimum Gasteiger partial charge on any atom is -0.492 e. The van der Waals surface area contributed by atoms with E-state index in [9.17, 15) is 0 Å². The van der Waals surface area contributed by atoms with E-state index in [2.05, 4.69) is 41.4 Å². The molecule has 1 heterocycles. The molecule has 28 heavy (non-hydrogen) atoms. The van der Waals surface area contributed by atoms with Crippen LogP contribution in [-0.2, 0) is 19.5 Å². The van der Waals surface area contributed by atoms with E-state index in [-0.39, 0.29) is 0 Å². The van der Waals surface area contributed by atoms with Crippen LogP contribution in [0.2, 0.25) is 0 Å². The number of rotatable bonds is 8. The first-order chi connectivity index (χ1) is 13.7. The molecule has 0 radical (unpaired) electrons. The molecule has 0 aliphatic carbocycles. The minimum atomic E-state index is 0.588. The lowest BCUT2D eigenvalue weighted by Crippen LogP contribution is -2.33. The number of nitrogens with zero attached hydrogens (tertiary/aromatic N) is 1. The molecule has 146 valence electrons. The highest BCUT2D eigenvalue weighted by Gasteiger charge is 2.15. The lowest BCUT2D eigenvalue weighted by Gasteiger charge is -2.26. The van der Waals surface area contributed by atoms with Gasteiger partial charge in [-0.3, -0.25) is 0 Å². The van der Waals surface area contributed by atoms with Gasteiger partial charge in [-0.05, 0) is 61.0 Å². The van der Waals surface area contributed by atoms with Gasteiger partial charge in [0, 0.05) is 6.54 Å². The Morgan fingerprint density at radius 1 is 0.964 bits per heavy atom. The molecule has 0 bridgehead atoms. The second-order valence-corrected chi connectivity index (χ2v) is 6.85. The number of nitrogens with one attached hydrogen (secondary N) is 1. The van der Waals surface area contributed by atoms with Crippen LogP contribution in [0.3, 0.4) is 0 Å². The highest BCUT2D eigenvalue weighted by molar-refractivity contribution is 7.80. The third-order valence-electron chi connectivity index (χ3n) is 4.45. The van der Waals surface area contributed by atoms with Crippen LogP contribution in [-0.4, -0.2) is 16.6 Å². The van der Waals surface area contributed by atoms with Crippen LogP contribution < -0.4 is 10.1 Å². The first-order valence-corrected chi connectivity index (χ1v) is 9.98. The number of furan rings is 1. The van der Waals surface area contributed by atoms with Gasteiger partial charge < -0.3 is 19.4 Å². The largest absolute Gasteiger partial charge is 0.492 e. The van der Waals surface area contributed by atoms with Crippen LogP contribution in [0, 0.1) is 0 Å². The lowest BCUT2D eigenvalue weighted by molar-refractivity contribution is 0.341. The number of aryl methyl sites for hydroxylation is 1. The molecule has 4 nitrogen and oxygen atoms in total. The van der Waals surface area contributed by atoms with Gasteiger partial charge in [0.25, 0.3) is 0 Å². The molecule has 1 aromatic heterocycles. The number of thiocarbonyl (C=S) groups is 1. The standard InChI is InChI=1S/C23H26N2O2S/c1-3-18-11-13-19(14-12-18)16-25(17-20-8-7-15-27-20)23(28)24-21-9-5-6-10-22(21)26-4-2/h5-15H,3-4,16-17H2,1-2H3,(H,24,28). The van der Waals surface area contributed by atoms with E-state index in [1.54, 1.807) is 6.26 Å². The van der Waals surface area contributed by atoms with Crippen molar-refractivity contribution in [2.24, 2.45) is 0 Å². The molecule has 0 amide bonds. The molecule has 2 aromatic carbocycles. The van der Waals surface area contributed by atoms with Crippen LogP contribution in [0.15, 0.2) is 71.3 Å². The van der Waals surface area contributed by atoms with E-state index in [1.807, 2.05) is 43.3 Å². The van der Waals surface area contributed by atoms with Gasteiger partial charge in [0.15, 0.2) is 5.11 Å². The molecular weight excluding hydrogens is 368 g/mol. The van der Waals surface area contributed by atoms with E-state index < -0.39 is 0 Å². The highest BCUT2D eigenvalue weighted by atomic mass is 32.1. The predicted molar refractivity (Wildman–Crippen MR) is 118 cm³/mol. The molecule has 3 aromatic rings. The maximum Gasteiger partial charge on any atom is 0.174 e. The van der Waals surface area contributed by atoms with Crippen LogP contribution in [0.5, 0.6) is 5.75 Å². The Hall–Kier alpha value is -2.79. The molecule has 0 atom stereocenters. The maximum atomic E-state index is 5.74. The van der Waals surface area contributed by atoms with Crippen LogP contribution in [0.1, 0.15) is 30.7 Å². The van der Waals surface area contributed by atoms with Crippen molar-refractivity contribution in [1.29, 1.82) is 0 Å². The number of hydrogen-bond acceptors (Lipinski definition) is 3. The third-order valence-corrected chi connectivity index (χ3v) is 4.81. The van der Waals surface area contributed by atoms with E-state index in [4.69, 9.17) is 21.4 Å². The lowest BCUT2D eigenvalue weighted by atomic mass is 10.1. The molecule has 0 unspecified atom stereocenters. The van der Waals surface area contributed by atoms with Crippen molar-refractivity contribution in [3.8, 4) is 5.75 Å². The van der Waals surface area contributed by atoms with Crippen LogP contribution in [0.4, 0.5) is 5.69 Å². The Morgan fingerprint density at radius 3 is 2.39 bits per heavy atom. The Kier molecular flexibility index (Phi) is 7.09. The summed E-state index contributed by atoms with van der Waals surface area (Å²) < 4.78 is 11.3. The number of para-hydroxylation sites is 2. The predicted octanol–water partition coefficient (Wildman–Crippen LogP) is 5.64. The summed E-state index contributed by atoms with van der Waals surface area (Å²) >= 11 is 5.74. The van der Waals surface area contributed by atoms with Crippen molar-refractivity contribution in [1.82, 2.24) is 4.90 Å². The molecule has 0 saturated carbocycles. The Balaban J connectivity index is 1.78. The molecule has 0 aliphatic rings. The highest BCUT2D eigenvalue weighted by Crippen LogP contribution is 2.24. The topological polar surface area (TPSA) is 37.6 Å². The fourth-order valence-electron chi connectivity index (χ4n) is 2.94. The molecule has 0 fully saturated rings. The van der Waals surface area contributed by atoms with Crippen LogP contribution >= 0.6 is 12.2 Å². The van der Waals surface area contributed by atoms with Gasteiger partial charge in [0.2, 0.25) is 0 Å². The normalized spacial score (nSPS) is 10.5. The molecule has 0 spiro atoms. The van der Waals surface area contributed by atoms with Gasteiger partial charge in [-0.1, -0.05) is 43.3 Å². The summed E-state index contributed by atoms with van der Waals surface area (Å²) in [6.45, 7) is 6.01. The zero-order chi connectivity index (χ0) is 19.8. The van der Waals surface area contributed by atoms with Gasteiger partial charge in [-0.25, -0.2) is 0 Å². The summed E-state index contributed by atoms with van der Waals surface area (Å²) in [5.74, 6) is 1.66. The van der Waals surface area contributed by atoms with Gasteiger partial charge in [0.05, 0.1) is 25.1 Å². The smallest absolute Gasteiger partial charge is 0.174 e. The second kappa shape index (κ2) is 9.95. The van der Waals surface area contributed by atoms with Crippen molar-refractivity contribution in [2.75, 3.05) is 11.9 Å². The average molecular weight is 395 g/mol. The first-order valence-electron chi connectivity index (χ1n) is 9.57. The number of ether oxygens (including phenoxy) is 1. The zero-order valence-electron chi connectivity index (χ0n) is 16.4. The second-order valence-electron chi connectivity index (χ2n) is 6.46. The molecular formula is C23H26N2O2S. The molecule has 0 saturated heterocycles. The van der Waals surface area contributed by atoms with E-state index >= 15 is 0 Å². The van der Waals surface area contributed by atoms with E-state index in [1.165, 1.54) is 11.1 Å². The molecule has 1 N–H and O–H groups in total. The van der Waals surface area contributed by atoms with Gasteiger partial charge in [0.1, 0.15) is 11.5 Å². The summed E-state index contributed by atoms with van der Waals surface area (Å²) in [5.41, 5.74) is 3.39. The Labute approximate surface area is 172 Å². The van der Waals surface area contributed by atoms with Crippen molar-refractivity contribution in [3.05, 3.63) is 83.8 Å². The Bertz CT molecular complexity index is 876. The van der Waals surface area contributed by atoms with E-state index in [0.717, 1.165) is 23.6 Å². The molecule has 3 rings (SSSR count). The van der Waals surface area contributed by atoms with E-state index in [0.29, 0.717) is 24.8 Å². The summed E-state index contributed by atoms with van der Waals surface area (Å²) in [4.78, 5) is 2.10. The quantitative estimate of drug-likeness (QED) is 0.501. The zero-order valence-corrected chi connectivity index (χ0v) is 17.2. The summed E-state index contributed by atoms with van der Waals surface area (Å²) in [6, 6.07) is 20.3. The van der Waals surface area contributed by atoms with Gasteiger partial charge in [-0.15, -0.1) is 0 Å². The Morgan fingerprint density at radius 2 is 1.71 bits per heavy atom. The molecule has 5 heteroatoms. The van der Waals surface area contributed by atoms with Gasteiger partial charge in [-0.2, -0.15) is 0 Å². The third kappa shape index (κ3) is 5.36. The number of benzene rings is 2. The van der Waals surface area contributed by atoms with Crippen molar-refractivity contribution in [3.63, 3.8) is 0 Å².